The Hall–Kier alpha value is -2.19. The summed E-state index contributed by atoms with van der Waals surface area (Å²) in [5.74, 6) is 2.15. The van der Waals surface area contributed by atoms with Crippen LogP contribution in [-0.4, -0.2) is 57.9 Å². The second kappa shape index (κ2) is 6.97. The van der Waals surface area contributed by atoms with Crippen LogP contribution in [0.5, 0.6) is 0 Å². The zero-order valence-electron chi connectivity index (χ0n) is 14.4. The van der Waals surface area contributed by atoms with Gasteiger partial charge in [-0.3, -0.25) is 9.69 Å². The maximum Gasteiger partial charge on any atom is 0.287 e. The summed E-state index contributed by atoms with van der Waals surface area (Å²) in [6.45, 7) is 6.59. The molecule has 4 rings (SSSR count). The molecule has 1 N–H and O–H groups in total. The van der Waals surface area contributed by atoms with Crippen LogP contribution >= 0.6 is 0 Å². The first-order valence-electron chi connectivity index (χ1n) is 8.76. The lowest BCUT2D eigenvalue weighted by atomic mass is 10.1. The molecule has 0 aromatic carbocycles. The summed E-state index contributed by atoms with van der Waals surface area (Å²) >= 11 is 0. The highest BCUT2D eigenvalue weighted by Crippen LogP contribution is 2.18. The molecule has 0 aliphatic carbocycles. The van der Waals surface area contributed by atoms with Gasteiger partial charge in [0.15, 0.2) is 5.76 Å². The first kappa shape index (κ1) is 16.3. The second-order valence-electron chi connectivity index (χ2n) is 6.65. The van der Waals surface area contributed by atoms with Crippen molar-refractivity contribution in [3.8, 4) is 0 Å². The monoisotopic (exact) mass is 345 g/mol. The first-order valence-corrected chi connectivity index (χ1v) is 8.76. The van der Waals surface area contributed by atoms with E-state index in [1.165, 1.54) is 0 Å². The highest BCUT2D eigenvalue weighted by molar-refractivity contribution is 5.93. The molecule has 0 radical (unpaired) electrons. The summed E-state index contributed by atoms with van der Waals surface area (Å²) in [5, 5.41) is 11.4. The summed E-state index contributed by atoms with van der Waals surface area (Å²) in [7, 11) is 0. The molecule has 1 amide bonds. The predicted molar refractivity (Wildman–Crippen MR) is 89.1 cm³/mol. The summed E-state index contributed by atoms with van der Waals surface area (Å²) in [6.07, 6.45) is 3.28. The van der Waals surface area contributed by atoms with Crippen molar-refractivity contribution in [3.63, 3.8) is 0 Å². The number of rotatable bonds is 4. The summed E-state index contributed by atoms with van der Waals surface area (Å²) < 4.78 is 12.9. The number of carbonyl (C=O) groups excluding carboxylic acids is 1. The summed E-state index contributed by atoms with van der Waals surface area (Å²) in [5.41, 5.74) is 0.927. The van der Waals surface area contributed by atoms with E-state index < -0.39 is 0 Å². The molecule has 1 saturated heterocycles. The molecule has 1 atom stereocenters. The Bertz CT molecular complexity index is 747. The van der Waals surface area contributed by atoms with Crippen molar-refractivity contribution < 1.29 is 13.9 Å². The van der Waals surface area contributed by atoms with Crippen LogP contribution in [0.15, 0.2) is 16.7 Å². The number of aromatic nitrogens is 3. The van der Waals surface area contributed by atoms with Crippen LogP contribution in [0.1, 0.15) is 34.2 Å². The SMILES string of the molecule is Cc1nnc2n1CC(NC(=O)c1occc1CN1CCOCC1)CC2. The Kier molecular flexibility index (Phi) is 4.54. The van der Waals surface area contributed by atoms with Crippen LogP contribution in [-0.2, 0) is 24.2 Å². The highest BCUT2D eigenvalue weighted by Gasteiger charge is 2.25. The molecule has 4 heterocycles. The van der Waals surface area contributed by atoms with E-state index in [4.69, 9.17) is 9.15 Å². The van der Waals surface area contributed by atoms with Crippen LogP contribution in [0.4, 0.5) is 0 Å². The van der Waals surface area contributed by atoms with Gasteiger partial charge in [0.1, 0.15) is 11.6 Å². The number of nitrogens with zero attached hydrogens (tertiary/aromatic N) is 4. The normalized spacial score (nSPS) is 21.1. The van der Waals surface area contributed by atoms with Gasteiger partial charge in [-0.25, -0.2) is 0 Å². The molecule has 1 unspecified atom stereocenters. The molecule has 0 spiro atoms. The lowest BCUT2D eigenvalue weighted by Crippen LogP contribution is -2.41. The van der Waals surface area contributed by atoms with Crippen LogP contribution in [0, 0.1) is 6.92 Å². The van der Waals surface area contributed by atoms with Crippen molar-refractivity contribution in [2.45, 2.75) is 38.9 Å². The standard InChI is InChI=1S/C17H23N5O3/c1-12-19-20-15-3-2-14(11-22(12)15)18-17(23)16-13(4-7-25-16)10-21-5-8-24-9-6-21/h4,7,14H,2-3,5-6,8-11H2,1H3,(H,18,23). The van der Waals surface area contributed by atoms with Crippen molar-refractivity contribution >= 4 is 5.91 Å². The molecule has 2 aliphatic rings. The predicted octanol–water partition coefficient (Wildman–Crippen LogP) is 0.757. The fourth-order valence-corrected chi connectivity index (χ4v) is 3.49. The Labute approximate surface area is 146 Å². The number of carbonyl (C=O) groups is 1. The van der Waals surface area contributed by atoms with Gasteiger partial charge in [0, 0.05) is 44.2 Å². The molecule has 0 saturated carbocycles. The van der Waals surface area contributed by atoms with E-state index >= 15 is 0 Å². The van der Waals surface area contributed by atoms with E-state index in [1.54, 1.807) is 6.26 Å². The fraction of sp³-hybridized carbons (Fsp3) is 0.588. The van der Waals surface area contributed by atoms with Gasteiger partial charge in [-0.05, 0) is 19.4 Å². The summed E-state index contributed by atoms with van der Waals surface area (Å²) in [4.78, 5) is 15.0. The van der Waals surface area contributed by atoms with Crippen LogP contribution < -0.4 is 5.32 Å². The van der Waals surface area contributed by atoms with E-state index in [9.17, 15) is 4.79 Å². The van der Waals surface area contributed by atoms with Gasteiger partial charge >= 0.3 is 0 Å². The lowest BCUT2D eigenvalue weighted by molar-refractivity contribution is 0.0339. The molecule has 8 heteroatoms. The van der Waals surface area contributed by atoms with E-state index in [-0.39, 0.29) is 11.9 Å². The minimum atomic E-state index is -0.146. The maximum atomic E-state index is 12.7. The molecular formula is C17H23N5O3. The summed E-state index contributed by atoms with van der Waals surface area (Å²) in [6, 6.07) is 1.95. The third-order valence-corrected chi connectivity index (χ3v) is 4.92. The van der Waals surface area contributed by atoms with Crippen molar-refractivity contribution in [2.75, 3.05) is 26.3 Å². The van der Waals surface area contributed by atoms with E-state index in [0.717, 1.165) is 56.4 Å². The number of hydrogen-bond donors (Lipinski definition) is 1. The van der Waals surface area contributed by atoms with E-state index in [0.29, 0.717) is 18.8 Å². The Morgan fingerprint density at radius 2 is 2.20 bits per heavy atom. The lowest BCUT2D eigenvalue weighted by Gasteiger charge is -2.27. The number of aryl methyl sites for hydroxylation is 2. The Balaban J connectivity index is 1.40. The molecule has 1 fully saturated rings. The number of amides is 1. The number of ether oxygens (including phenoxy) is 1. The van der Waals surface area contributed by atoms with Crippen molar-refractivity contribution in [1.29, 1.82) is 0 Å². The Morgan fingerprint density at radius 1 is 1.36 bits per heavy atom. The molecule has 0 bridgehead atoms. The zero-order valence-corrected chi connectivity index (χ0v) is 14.4. The van der Waals surface area contributed by atoms with Gasteiger partial charge in [0.25, 0.3) is 5.91 Å². The topological polar surface area (TPSA) is 85.4 Å². The highest BCUT2D eigenvalue weighted by atomic mass is 16.5. The minimum absolute atomic E-state index is 0.0658. The number of fused-ring (bicyclic) bond motifs is 1. The molecule has 2 aromatic heterocycles. The second-order valence-corrected chi connectivity index (χ2v) is 6.65. The maximum absolute atomic E-state index is 12.7. The third-order valence-electron chi connectivity index (χ3n) is 4.92. The van der Waals surface area contributed by atoms with Crippen LogP contribution in [0.3, 0.4) is 0 Å². The minimum Gasteiger partial charge on any atom is -0.459 e. The van der Waals surface area contributed by atoms with Crippen LogP contribution in [0.25, 0.3) is 0 Å². The molecule has 2 aromatic rings. The quantitative estimate of drug-likeness (QED) is 0.880. The van der Waals surface area contributed by atoms with Gasteiger partial charge in [-0.2, -0.15) is 0 Å². The van der Waals surface area contributed by atoms with Gasteiger partial charge in [0.05, 0.1) is 19.5 Å². The number of morpholine rings is 1. The largest absolute Gasteiger partial charge is 0.459 e. The van der Waals surface area contributed by atoms with Gasteiger partial charge in [0.2, 0.25) is 0 Å². The molecule has 2 aliphatic heterocycles. The van der Waals surface area contributed by atoms with Crippen molar-refractivity contribution in [3.05, 3.63) is 35.3 Å². The van der Waals surface area contributed by atoms with E-state index in [1.807, 2.05) is 13.0 Å². The molecular weight excluding hydrogens is 322 g/mol. The molecule has 25 heavy (non-hydrogen) atoms. The number of nitrogens with one attached hydrogen (secondary N) is 1. The van der Waals surface area contributed by atoms with Gasteiger partial charge in [-0.15, -0.1) is 10.2 Å². The number of hydrogen-bond acceptors (Lipinski definition) is 6. The Morgan fingerprint density at radius 3 is 3.04 bits per heavy atom. The number of furan rings is 1. The average molecular weight is 345 g/mol. The van der Waals surface area contributed by atoms with Gasteiger partial charge in [-0.1, -0.05) is 0 Å². The first-order chi connectivity index (χ1) is 12.2. The molecule has 8 nitrogen and oxygen atoms in total. The van der Waals surface area contributed by atoms with Crippen LogP contribution in [0.2, 0.25) is 0 Å². The third kappa shape index (κ3) is 3.45. The van der Waals surface area contributed by atoms with Crippen molar-refractivity contribution in [2.24, 2.45) is 0 Å². The van der Waals surface area contributed by atoms with Crippen molar-refractivity contribution in [1.82, 2.24) is 25.0 Å². The van der Waals surface area contributed by atoms with E-state index in [2.05, 4.69) is 25.0 Å². The average Bonchev–Trinajstić information content (AvgIpc) is 3.23. The van der Waals surface area contributed by atoms with Gasteiger partial charge < -0.3 is 19.0 Å². The fourth-order valence-electron chi connectivity index (χ4n) is 3.49. The zero-order chi connectivity index (χ0) is 17.2. The smallest absolute Gasteiger partial charge is 0.287 e. The molecule has 134 valence electrons.